The first-order valence-electron chi connectivity index (χ1n) is 5.36. The summed E-state index contributed by atoms with van der Waals surface area (Å²) in [5.74, 6) is 0. The van der Waals surface area contributed by atoms with Crippen LogP contribution in [0.15, 0.2) is 11.4 Å². The lowest BCUT2D eigenvalue weighted by Gasteiger charge is -2.28. The van der Waals surface area contributed by atoms with Gasteiger partial charge in [0.25, 0.3) is 0 Å². The molecule has 0 spiro atoms. The number of hydrogen-bond donors (Lipinski definition) is 1. The fourth-order valence-electron chi connectivity index (χ4n) is 2.44. The van der Waals surface area contributed by atoms with Crippen LogP contribution in [0.5, 0.6) is 0 Å². The van der Waals surface area contributed by atoms with Gasteiger partial charge in [-0.3, -0.25) is 0 Å². The maximum Gasteiger partial charge on any atom is 0.107 e. The van der Waals surface area contributed by atoms with Crippen molar-refractivity contribution in [3.05, 3.63) is 21.9 Å². The molecule has 0 aliphatic carbocycles. The van der Waals surface area contributed by atoms with E-state index in [9.17, 15) is 0 Å². The van der Waals surface area contributed by atoms with Crippen molar-refractivity contribution in [3.8, 4) is 0 Å². The summed E-state index contributed by atoms with van der Waals surface area (Å²) in [4.78, 5) is 1.47. The van der Waals surface area contributed by atoms with Gasteiger partial charge in [-0.15, -0.1) is 11.3 Å². The summed E-state index contributed by atoms with van der Waals surface area (Å²) in [6.45, 7) is 2.05. The third-order valence-corrected chi connectivity index (χ3v) is 4.19. The van der Waals surface area contributed by atoms with Gasteiger partial charge in [0.15, 0.2) is 0 Å². The predicted molar refractivity (Wildman–Crippen MR) is 57.7 cm³/mol. The van der Waals surface area contributed by atoms with Crippen molar-refractivity contribution < 1.29 is 4.74 Å². The average molecular weight is 209 g/mol. The van der Waals surface area contributed by atoms with Gasteiger partial charge in [-0.05, 0) is 42.8 Å². The van der Waals surface area contributed by atoms with Crippen LogP contribution in [0, 0.1) is 0 Å². The molecule has 1 aromatic rings. The molecule has 0 unspecified atom stereocenters. The summed E-state index contributed by atoms with van der Waals surface area (Å²) in [7, 11) is 0. The van der Waals surface area contributed by atoms with Crippen LogP contribution in [-0.2, 0) is 11.2 Å². The molecule has 2 aliphatic rings. The van der Waals surface area contributed by atoms with E-state index in [1.165, 1.54) is 23.3 Å². The largest absolute Gasteiger partial charge is 0.371 e. The highest BCUT2D eigenvalue weighted by molar-refractivity contribution is 7.10. The summed E-state index contributed by atoms with van der Waals surface area (Å²) in [5, 5.41) is 5.73. The second-order valence-electron chi connectivity index (χ2n) is 4.05. The lowest BCUT2D eigenvalue weighted by molar-refractivity contribution is 0.0229. The van der Waals surface area contributed by atoms with Crippen LogP contribution in [0.4, 0.5) is 0 Å². The SMILES string of the molecule is c1cc2c(s1)[C@@H]([C@@H]1CCCN1)OCC2. The predicted octanol–water partition coefficient (Wildman–Crippen LogP) is 2.11. The normalized spacial score (nSPS) is 31.7. The van der Waals surface area contributed by atoms with E-state index >= 15 is 0 Å². The van der Waals surface area contributed by atoms with Gasteiger partial charge < -0.3 is 10.1 Å². The Morgan fingerprint density at radius 1 is 1.50 bits per heavy atom. The minimum absolute atomic E-state index is 0.334. The van der Waals surface area contributed by atoms with E-state index < -0.39 is 0 Å². The minimum Gasteiger partial charge on any atom is -0.371 e. The number of nitrogens with one attached hydrogen (secondary N) is 1. The van der Waals surface area contributed by atoms with Gasteiger partial charge in [-0.25, -0.2) is 0 Å². The fourth-order valence-corrected chi connectivity index (χ4v) is 3.51. The van der Waals surface area contributed by atoms with Crippen LogP contribution in [0.25, 0.3) is 0 Å². The Morgan fingerprint density at radius 3 is 3.36 bits per heavy atom. The molecule has 2 atom stereocenters. The summed E-state index contributed by atoms with van der Waals surface area (Å²) in [5.41, 5.74) is 1.51. The fraction of sp³-hybridized carbons (Fsp3) is 0.636. The van der Waals surface area contributed by atoms with Crippen LogP contribution in [0.3, 0.4) is 0 Å². The van der Waals surface area contributed by atoms with E-state index in [2.05, 4.69) is 16.8 Å². The highest BCUT2D eigenvalue weighted by atomic mass is 32.1. The summed E-state index contributed by atoms with van der Waals surface area (Å²) in [6.07, 6.45) is 4.00. The van der Waals surface area contributed by atoms with Gasteiger partial charge in [0.1, 0.15) is 6.10 Å². The highest BCUT2D eigenvalue weighted by Gasteiger charge is 2.31. The first-order chi connectivity index (χ1) is 6.95. The molecule has 1 fully saturated rings. The number of thiophene rings is 1. The van der Waals surface area contributed by atoms with Gasteiger partial charge in [0.05, 0.1) is 6.61 Å². The summed E-state index contributed by atoms with van der Waals surface area (Å²) >= 11 is 1.86. The highest BCUT2D eigenvalue weighted by Crippen LogP contribution is 2.36. The number of hydrogen-bond acceptors (Lipinski definition) is 3. The maximum absolute atomic E-state index is 5.89. The number of fused-ring (bicyclic) bond motifs is 1. The zero-order valence-electron chi connectivity index (χ0n) is 8.16. The van der Waals surface area contributed by atoms with Gasteiger partial charge in [-0.2, -0.15) is 0 Å². The molecule has 14 heavy (non-hydrogen) atoms. The van der Waals surface area contributed by atoms with Crippen molar-refractivity contribution in [1.82, 2.24) is 5.32 Å². The third kappa shape index (κ3) is 1.40. The Bertz CT molecular complexity index is 317. The summed E-state index contributed by atoms with van der Waals surface area (Å²) < 4.78 is 5.89. The van der Waals surface area contributed by atoms with Gasteiger partial charge in [0, 0.05) is 10.9 Å². The van der Waals surface area contributed by atoms with Gasteiger partial charge >= 0.3 is 0 Å². The first kappa shape index (κ1) is 8.89. The second kappa shape index (κ2) is 3.65. The average Bonchev–Trinajstić information content (AvgIpc) is 2.88. The monoisotopic (exact) mass is 209 g/mol. The molecule has 0 radical (unpaired) electrons. The Kier molecular flexibility index (Phi) is 2.32. The van der Waals surface area contributed by atoms with E-state index in [-0.39, 0.29) is 0 Å². The minimum atomic E-state index is 0.334. The van der Waals surface area contributed by atoms with E-state index in [0.717, 1.165) is 19.6 Å². The quantitative estimate of drug-likeness (QED) is 0.765. The van der Waals surface area contributed by atoms with Crippen LogP contribution in [-0.4, -0.2) is 19.2 Å². The van der Waals surface area contributed by atoms with Crippen molar-refractivity contribution in [3.63, 3.8) is 0 Å². The van der Waals surface area contributed by atoms with Crippen LogP contribution in [0.2, 0.25) is 0 Å². The van der Waals surface area contributed by atoms with Gasteiger partial charge in [-0.1, -0.05) is 0 Å². The van der Waals surface area contributed by atoms with E-state index in [1.54, 1.807) is 0 Å². The molecule has 1 saturated heterocycles. The second-order valence-corrected chi connectivity index (χ2v) is 5.00. The van der Waals surface area contributed by atoms with E-state index in [1.807, 2.05) is 11.3 Å². The zero-order valence-corrected chi connectivity index (χ0v) is 8.98. The number of ether oxygens (including phenoxy) is 1. The molecular weight excluding hydrogens is 194 g/mol. The topological polar surface area (TPSA) is 21.3 Å². The lowest BCUT2D eigenvalue weighted by atomic mass is 10.0. The Morgan fingerprint density at radius 2 is 2.50 bits per heavy atom. The smallest absolute Gasteiger partial charge is 0.107 e. The molecule has 3 heteroatoms. The van der Waals surface area contributed by atoms with Crippen LogP contribution in [0.1, 0.15) is 29.4 Å². The Labute approximate surface area is 88.3 Å². The standard InChI is InChI=1S/C11H15NOS/c1-2-9(12-5-1)10-11-8(3-6-13-10)4-7-14-11/h4,7,9-10,12H,1-3,5-6H2/t9-,10+/m0/s1. The third-order valence-electron chi connectivity index (χ3n) is 3.17. The molecule has 3 rings (SSSR count). The molecule has 76 valence electrons. The van der Waals surface area contributed by atoms with Crippen molar-refractivity contribution in [1.29, 1.82) is 0 Å². The maximum atomic E-state index is 5.89. The van der Waals surface area contributed by atoms with Crippen LogP contribution < -0.4 is 5.32 Å². The molecule has 2 nitrogen and oxygen atoms in total. The molecule has 0 amide bonds. The van der Waals surface area contributed by atoms with Crippen molar-refractivity contribution in [2.45, 2.75) is 31.4 Å². The Hall–Kier alpha value is -0.380. The van der Waals surface area contributed by atoms with Crippen molar-refractivity contribution in [2.24, 2.45) is 0 Å². The molecule has 0 aromatic carbocycles. The lowest BCUT2D eigenvalue weighted by Crippen LogP contribution is -2.32. The van der Waals surface area contributed by atoms with Crippen molar-refractivity contribution in [2.75, 3.05) is 13.2 Å². The van der Waals surface area contributed by atoms with E-state index in [4.69, 9.17) is 4.74 Å². The molecule has 0 saturated carbocycles. The summed E-state index contributed by atoms with van der Waals surface area (Å²) in [6, 6.07) is 2.82. The van der Waals surface area contributed by atoms with Crippen molar-refractivity contribution >= 4 is 11.3 Å². The molecule has 1 aromatic heterocycles. The molecule has 1 N–H and O–H groups in total. The number of rotatable bonds is 1. The van der Waals surface area contributed by atoms with Crippen LogP contribution >= 0.6 is 11.3 Å². The van der Waals surface area contributed by atoms with Gasteiger partial charge in [0.2, 0.25) is 0 Å². The first-order valence-corrected chi connectivity index (χ1v) is 6.24. The zero-order chi connectivity index (χ0) is 9.38. The van der Waals surface area contributed by atoms with E-state index in [0.29, 0.717) is 12.1 Å². The molecular formula is C11H15NOS. The molecule has 0 bridgehead atoms. The Balaban J connectivity index is 1.88. The molecule has 3 heterocycles. The molecule has 2 aliphatic heterocycles.